The zero-order chi connectivity index (χ0) is 17.9. The number of halogens is 1. The van der Waals surface area contributed by atoms with Crippen LogP contribution in [0.1, 0.15) is 20.8 Å². The maximum atomic E-state index is 9.96. The lowest BCUT2D eigenvalue weighted by Crippen LogP contribution is -2.42. The second-order valence-electron chi connectivity index (χ2n) is 6.63. The molecular weight excluding hydrogens is 404 g/mol. The summed E-state index contributed by atoms with van der Waals surface area (Å²) in [5.74, 6) is 0.524. The molecule has 24 heavy (non-hydrogen) atoms. The summed E-state index contributed by atoms with van der Waals surface area (Å²) in [6, 6.07) is 3.57. The van der Waals surface area contributed by atoms with Crippen molar-refractivity contribution in [2.75, 3.05) is 0 Å². The monoisotopic (exact) mass is 430 g/mol. The third-order valence-electron chi connectivity index (χ3n) is 4.68. The fourth-order valence-electron chi connectivity index (χ4n) is 2.77. The maximum absolute atomic E-state index is 9.96. The van der Waals surface area contributed by atoms with Crippen LogP contribution in [0.15, 0.2) is 22.8 Å². The quantitative estimate of drug-likeness (QED) is 0.516. The highest BCUT2D eigenvalue weighted by atomic mass is 79.9. The van der Waals surface area contributed by atoms with Gasteiger partial charge in [-0.05, 0) is 34.0 Å². The Kier molecular flexibility index (Phi) is 6.66. The van der Waals surface area contributed by atoms with Crippen LogP contribution in [0.25, 0.3) is 10.9 Å². The highest BCUT2D eigenvalue weighted by molar-refractivity contribution is 9.10. The van der Waals surface area contributed by atoms with Crippen LogP contribution in [0.5, 0.6) is 5.75 Å². The van der Waals surface area contributed by atoms with Crippen molar-refractivity contribution in [3.63, 3.8) is 0 Å². The van der Waals surface area contributed by atoms with Gasteiger partial charge in [0.15, 0.2) is 19.5 Å². The number of benzene rings is 1. The molecule has 1 heterocycles. The first-order chi connectivity index (χ1) is 11.3. The summed E-state index contributed by atoms with van der Waals surface area (Å²) in [4.78, 5) is 0. The van der Waals surface area contributed by atoms with E-state index in [-0.39, 0.29) is 17.5 Å². The van der Waals surface area contributed by atoms with Gasteiger partial charge >= 0.3 is 0 Å². The smallest absolute Gasteiger partial charge is 0.161 e. The second-order valence-corrected chi connectivity index (χ2v) is 9.24. The first kappa shape index (κ1) is 19.6. The average molecular weight is 431 g/mol. The molecule has 0 bridgehead atoms. The van der Waals surface area contributed by atoms with E-state index in [0.29, 0.717) is 10.4 Å². The van der Waals surface area contributed by atoms with E-state index in [2.05, 4.69) is 54.9 Å². The fourth-order valence-corrected chi connectivity index (χ4v) is 5.19. The minimum Gasteiger partial charge on any atom is -0.507 e. The van der Waals surface area contributed by atoms with Gasteiger partial charge in [0.1, 0.15) is 12.0 Å². The number of phenols is 1. The first-order valence-corrected chi connectivity index (χ1v) is 13.2. The maximum Gasteiger partial charge on any atom is 0.161 e. The van der Waals surface area contributed by atoms with Crippen LogP contribution < -0.4 is 0 Å². The molecule has 2 rings (SSSR count). The van der Waals surface area contributed by atoms with Crippen LogP contribution in [0.2, 0.25) is 13.1 Å². The molecule has 0 spiro atoms. The Bertz CT molecular complexity index is 687. The molecule has 0 amide bonds. The van der Waals surface area contributed by atoms with Gasteiger partial charge in [0.25, 0.3) is 0 Å². The summed E-state index contributed by atoms with van der Waals surface area (Å²) in [5.41, 5.74) is 0.805. The molecule has 1 N–H and O–H groups in total. The molecule has 1 atom stereocenters. The van der Waals surface area contributed by atoms with Crippen molar-refractivity contribution in [3.05, 3.63) is 22.8 Å². The van der Waals surface area contributed by atoms with Crippen LogP contribution in [-0.2, 0) is 15.4 Å². The van der Waals surface area contributed by atoms with Crippen molar-refractivity contribution in [1.29, 1.82) is 0 Å². The summed E-state index contributed by atoms with van der Waals surface area (Å²) in [5, 5.41) is 15.5. The largest absolute Gasteiger partial charge is 0.507 e. The molecule has 134 valence electrons. The lowest BCUT2D eigenvalue weighted by molar-refractivity contribution is -0.104. The highest BCUT2D eigenvalue weighted by Gasteiger charge is 2.36. The third-order valence-corrected chi connectivity index (χ3v) is 6.74. The Morgan fingerprint density at radius 1 is 1.29 bits per heavy atom. The summed E-state index contributed by atoms with van der Waals surface area (Å²) in [6.07, 6.45) is 1.70. The molecule has 1 unspecified atom stereocenters. The molecule has 0 fully saturated rings. The van der Waals surface area contributed by atoms with E-state index in [9.17, 15) is 5.11 Å². The number of rotatable bonds is 8. The van der Waals surface area contributed by atoms with E-state index in [1.165, 1.54) is 0 Å². The topological polar surface area (TPSA) is 56.5 Å². The molecule has 2 aromatic rings. The van der Waals surface area contributed by atoms with Gasteiger partial charge in [0.05, 0.1) is 16.2 Å². The SMILES string of the molecule is C[SiH2]OC(O[SiH2]C)C(C)(C)C(C)Cn1ncc2ccc(O)c(Br)c21. The molecule has 0 aliphatic rings. The highest BCUT2D eigenvalue weighted by Crippen LogP contribution is 2.36. The van der Waals surface area contributed by atoms with Crippen LogP contribution >= 0.6 is 15.9 Å². The fraction of sp³-hybridized carbons (Fsp3) is 0.562. The van der Waals surface area contributed by atoms with E-state index in [0.717, 1.165) is 17.4 Å². The molecule has 1 aromatic heterocycles. The van der Waals surface area contributed by atoms with Crippen molar-refractivity contribution in [2.24, 2.45) is 11.3 Å². The summed E-state index contributed by atoms with van der Waals surface area (Å²) in [6.45, 7) is 11.6. The van der Waals surface area contributed by atoms with Gasteiger partial charge in [-0.3, -0.25) is 4.68 Å². The predicted octanol–water partition coefficient (Wildman–Crippen LogP) is 2.79. The molecule has 0 saturated carbocycles. The van der Waals surface area contributed by atoms with E-state index in [1.54, 1.807) is 6.07 Å². The Hall–Kier alpha value is -0.676. The van der Waals surface area contributed by atoms with Crippen molar-refractivity contribution < 1.29 is 14.0 Å². The Labute approximate surface area is 156 Å². The lowest BCUT2D eigenvalue weighted by atomic mass is 9.79. The number of fused-ring (bicyclic) bond motifs is 1. The molecule has 5 nitrogen and oxygen atoms in total. The second kappa shape index (κ2) is 8.14. The standard InChI is InChI=1S/C16H27BrN2O3Si2/c1-10(16(2,3)15(21-23-4)22-24-5)9-19-14-11(8-18-19)6-7-12(20)13(14)17/h6-8,10,15,20H,9,23-24H2,1-5H3. The third kappa shape index (κ3) is 3.93. The normalized spacial score (nSPS) is 15.9. The molecular formula is C16H27BrN2O3Si2. The summed E-state index contributed by atoms with van der Waals surface area (Å²) >= 11 is 3.48. The minimum atomic E-state index is -0.537. The molecule has 0 radical (unpaired) electrons. The summed E-state index contributed by atoms with van der Waals surface area (Å²) < 4.78 is 14.6. The van der Waals surface area contributed by atoms with Crippen LogP contribution in [0, 0.1) is 11.3 Å². The Morgan fingerprint density at radius 2 is 1.92 bits per heavy atom. The number of phenolic OH excluding ortho intramolecular Hbond substituents is 1. The first-order valence-electron chi connectivity index (χ1n) is 8.39. The van der Waals surface area contributed by atoms with Gasteiger partial charge in [0.2, 0.25) is 0 Å². The molecule has 1 aromatic carbocycles. The van der Waals surface area contributed by atoms with Gasteiger partial charge in [0, 0.05) is 17.3 Å². The van der Waals surface area contributed by atoms with E-state index < -0.39 is 19.5 Å². The lowest BCUT2D eigenvalue weighted by Gasteiger charge is -2.39. The van der Waals surface area contributed by atoms with E-state index in [4.69, 9.17) is 8.85 Å². The summed E-state index contributed by atoms with van der Waals surface area (Å²) in [7, 11) is -1.07. The zero-order valence-corrected chi connectivity index (χ0v) is 19.5. The average Bonchev–Trinajstić information content (AvgIpc) is 2.94. The molecule has 0 saturated heterocycles. The Morgan fingerprint density at radius 3 is 2.50 bits per heavy atom. The number of nitrogens with zero attached hydrogens (tertiary/aromatic N) is 2. The Balaban J connectivity index is 2.28. The van der Waals surface area contributed by atoms with Crippen LogP contribution in [0.3, 0.4) is 0 Å². The molecule has 0 aliphatic heterocycles. The number of hydrogen-bond acceptors (Lipinski definition) is 4. The van der Waals surface area contributed by atoms with Gasteiger partial charge in [-0.15, -0.1) is 0 Å². The van der Waals surface area contributed by atoms with Gasteiger partial charge < -0.3 is 14.0 Å². The van der Waals surface area contributed by atoms with Gasteiger partial charge in [-0.1, -0.05) is 33.9 Å². The number of aromatic hydroxyl groups is 1. The van der Waals surface area contributed by atoms with Gasteiger partial charge in [-0.25, -0.2) is 0 Å². The van der Waals surface area contributed by atoms with Crippen molar-refractivity contribution in [2.45, 2.75) is 46.7 Å². The van der Waals surface area contributed by atoms with Gasteiger partial charge in [-0.2, -0.15) is 5.10 Å². The van der Waals surface area contributed by atoms with Crippen molar-refractivity contribution in [1.82, 2.24) is 9.78 Å². The number of hydrogen-bond donors (Lipinski definition) is 1. The van der Waals surface area contributed by atoms with E-state index in [1.807, 2.05) is 16.9 Å². The van der Waals surface area contributed by atoms with Crippen LogP contribution in [-0.4, -0.2) is 40.7 Å². The van der Waals surface area contributed by atoms with E-state index >= 15 is 0 Å². The minimum absolute atomic E-state index is 0.117. The van der Waals surface area contributed by atoms with Crippen molar-refractivity contribution in [3.8, 4) is 5.75 Å². The predicted molar refractivity (Wildman–Crippen MR) is 107 cm³/mol. The zero-order valence-electron chi connectivity index (χ0n) is 15.0. The molecule has 0 aliphatic carbocycles. The molecule has 8 heteroatoms. The van der Waals surface area contributed by atoms with Crippen LogP contribution in [0.4, 0.5) is 0 Å². The number of aromatic nitrogens is 2. The van der Waals surface area contributed by atoms with Crippen molar-refractivity contribution >= 4 is 46.4 Å².